The zero-order valence-electron chi connectivity index (χ0n) is 10.6. The van der Waals surface area contributed by atoms with Crippen LogP contribution >= 0.6 is 15.9 Å². The first kappa shape index (κ1) is 14.1. The number of nitrogens with zero attached hydrogens (tertiary/aromatic N) is 1. The summed E-state index contributed by atoms with van der Waals surface area (Å²) < 4.78 is 0.987. The number of hydrogen-bond donors (Lipinski definition) is 2. The molecule has 0 fully saturated rings. The van der Waals surface area contributed by atoms with Crippen molar-refractivity contribution in [2.45, 2.75) is 0 Å². The number of halogens is 1. The second kappa shape index (κ2) is 6.73. The fourth-order valence-corrected chi connectivity index (χ4v) is 1.89. The molecule has 100 valence electrons. The molecule has 0 aliphatic carbocycles. The van der Waals surface area contributed by atoms with Crippen LogP contribution in [-0.2, 0) is 4.79 Å². The molecule has 4 nitrogen and oxygen atoms in total. The van der Waals surface area contributed by atoms with E-state index in [0.29, 0.717) is 11.3 Å². The Morgan fingerprint density at radius 3 is 2.60 bits per heavy atom. The molecule has 0 spiro atoms. The molecule has 5 heteroatoms. The van der Waals surface area contributed by atoms with E-state index in [1.165, 1.54) is 0 Å². The number of rotatable bonds is 4. The van der Waals surface area contributed by atoms with Crippen molar-refractivity contribution in [3.05, 3.63) is 58.6 Å². The number of nitriles is 1. The molecule has 2 N–H and O–H groups in total. The first-order valence-electron chi connectivity index (χ1n) is 5.97. The van der Waals surface area contributed by atoms with E-state index >= 15 is 0 Å². The first-order valence-corrected chi connectivity index (χ1v) is 6.76. The van der Waals surface area contributed by atoms with Gasteiger partial charge in [0.15, 0.2) is 0 Å². The summed E-state index contributed by atoms with van der Waals surface area (Å²) >= 11 is 3.35. The second-order valence-electron chi connectivity index (χ2n) is 4.10. The molecule has 0 saturated heterocycles. The molecule has 0 aliphatic rings. The third-order valence-corrected chi connectivity index (χ3v) is 3.10. The Morgan fingerprint density at radius 1 is 1.15 bits per heavy atom. The topological polar surface area (TPSA) is 64.9 Å². The van der Waals surface area contributed by atoms with Crippen LogP contribution in [0.4, 0.5) is 11.4 Å². The van der Waals surface area contributed by atoms with Gasteiger partial charge in [-0.05, 0) is 42.5 Å². The van der Waals surface area contributed by atoms with Gasteiger partial charge in [-0.1, -0.05) is 22.0 Å². The number of hydrogen-bond acceptors (Lipinski definition) is 3. The van der Waals surface area contributed by atoms with Crippen LogP contribution in [0.25, 0.3) is 0 Å². The summed E-state index contributed by atoms with van der Waals surface area (Å²) in [5.74, 6) is -0.164. The van der Waals surface area contributed by atoms with Crippen LogP contribution in [0.3, 0.4) is 0 Å². The van der Waals surface area contributed by atoms with E-state index in [0.717, 1.165) is 10.2 Å². The predicted octanol–water partition coefficient (Wildman–Crippen LogP) is 3.37. The van der Waals surface area contributed by atoms with Crippen LogP contribution in [0.2, 0.25) is 0 Å². The fraction of sp³-hybridized carbons (Fsp3) is 0.0667. The lowest BCUT2D eigenvalue weighted by Gasteiger charge is -2.08. The lowest BCUT2D eigenvalue weighted by Crippen LogP contribution is -2.21. The van der Waals surface area contributed by atoms with Crippen molar-refractivity contribution in [3.63, 3.8) is 0 Å². The molecule has 0 bridgehead atoms. The Kier molecular flexibility index (Phi) is 4.75. The minimum Gasteiger partial charge on any atom is -0.376 e. The molecule has 0 saturated carbocycles. The van der Waals surface area contributed by atoms with Crippen molar-refractivity contribution in [2.75, 3.05) is 17.2 Å². The van der Waals surface area contributed by atoms with Crippen LogP contribution < -0.4 is 10.6 Å². The van der Waals surface area contributed by atoms with Crippen molar-refractivity contribution in [1.29, 1.82) is 5.26 Å². The normalized spacial score (nSPS) is 9.60. The minimum atomic E-state index is -0.164. The maximum absolute atomic E-state index is 11.8. The third-order valence-electron chi connectivity index (χ3n) is 2.57. The Balaban J connectivity index is 1.89. The summed E-state index contributed by atoms with van der Waals surface area (Å²) in [6, 6.07) is 16.4. The fourth-order valence-electron chi connectivity index (χ4n) is 1.62. The monoisotopic (exact) mass is 329 g/mol. The number of carbonyl (C=O) groups excluding carboxylic acids is 1. The van der Waals surface area contributed by atoms with Crippen LogP contribution in [-0.4, -0.2) is 12.5 Å². The first-order chi connectivity index (χ1) is 9.67. The maximum Gasteiger partial charge on any atom is 0.243 e. The highest BCUT2D eigenvalue weighted by Gasteiger charge is 2.03. The largest absolute Gasteiger partial charge is 0.376 e. The smallest absolute Gasteiger partial charge is 0.243 e. The molecule has 0 radical (unpaired) electrons. The molecular weight excluding hydrogens is 318 g/mol. The van der Waals surface area contributed by atoms with E-state index in [-0.39, 0.29) is 12.5 Å². The van der Waals surface area contributed by atoms with Gasteiger partial charge in [-0.2, -0.15) is 5.26 Å². The van der Waals surface area contributed by atoms with Crippen LogP contribution in [0, 0.1) is 11.3 Å². The Morgan fingerprint density at radius 2 is 1.90 bits per heavy atom. The summed E-state index contributed by atoms with van der Waals surface area (Å²) in [6.07, 6.45) is 0. The lowest BCUT2D eigenvalue weighted by atomic mass is 10.2. The highest BCUT2D eigenvalue weighted by molar-refractivity contribution is 9.10. The average molecular weight is 330 g/mol. The molecule has 0 aromatic heterocycles. The van der Waals surface area contributed by atoms with E-state index in [2.05, 4.69) is 26.6 Å². The van der Waals surface area contributed by atoms with Crippen LogP contribution in [0.1, 0.15) is 5.56 Å². The highest BCUT2D eigenvalue weighted by Crippen LogP contribution is 2.14. The standard InChI is InChI=1S/C15H12BrN3O/c16-12-4-6-13(7-5-12)18-10-15(20)19-14-3-1-2-11(8-14)9-17/h1-8,18H,10H2,(H,19,20). The summed E-state index contributed by atoms with van der Waals surface area (Å²) in [7, 11) is 0. The van der Waals surface area contributed by atoms with Gasteiger partial charge in [0.2, 0.25) is 5.91 Å². The van der Waals surface area contributed by atoms with E-state index in [1.807, 2.05) is 30.3 Å². The number of amides is 1. The molecule has 0 unspecified atom stereocenters. The lowest BCUT2D eigenvalue weighted by molar-refractivity contribution is -0.114. The molecule has 0 heterocycles. The average Bonchev–Trinajstić information content (AvgIpc) is 2.47. The molecule has 2 aromatic carbocycles. The number of carbonyl (C=O) groups is 1. The van der Waals surface area contributed by atoms with Crippen LogP contribution in [0.5, 0.6) is 0 Å². The summed E-state index contributed by atoms with van der Waals surface area (Å²) in [5, 5.41) is 14.6. The van der Waals surface area contributed by atoms with Crippen LogP contribution in [0.15, 0.2) is 53.0 Å². The van der Waals surface area contributed by atoms with E-state index < -0.39 is 0 Å². The van der Waals surface area contributed by atoms with Crippen molar-refractivity contribution in [2.24, 2.45) is 0 Å². The van der Waals surface area contributed by atoms with Gasteiger partial charge in [0.05, 0.1) is 18.2 Å². The molecule has 0 aliphatic heterocycles. The quantitative estimate of drug-likeness (QED) is 0.903. The van der Waals surface area contributed by atoms with Gasteiger partial charge in [-0.3, -0.25) is 4.79 Å². The van der Waals surface area contributed by atoms with Gasteiger partial charge in [-0.15, -0.1) is 0 Å². The van der Waals surface area contributed by atoms with Gasteiger partial charge in [0.1, 0.15) is 0 Å². The zero-order valence-corrected chi connectivity index (χ0v) is 12.1. The van der Waals surface area contributed by atoms with Gasteiger partial charge >= 0.3 is 0 Å². The highest BCUT2D eigenvalue weighted by atomic mass is 79.9. The molecule has 20 heavy (non-hydrogen) atoms. The molecule has 1 amide bonds. The third kappa shape index (κ3) is 4.11. The van der Waals surface area contributed by atoms with E-state index in [1.54, 1.807) is 24.3 Å². The van der Waals surface area contributed by atoms with Gasteiger partial charge in [0.25, 0.3) is 0 Å². The predicted molar refractivity (Wildman–Crippen MR) is 82.4 cm³/mol. The minimum absolute atomic E-state index is 0.164. The van der Waals surface area contributed by atoms with Gasteiger partial charge in [-0.25, -0.2) is 0 Å². The van der Waals surface area contributed by atoms with Gasteiger partial charge < -0.3 is 10.6 Å². The Labute approximate surface area is 125 Å². The Hall–Kier alpha value is -2.32. The summed E-state index contributed by atoms with van der Waals surface area (Å²) in [6.45, 7) is 0.165. The molecular formula is C15H12BrN3O. The molecule has 2 rings (SSSR count). The van der Waals surface area contributed by atoms with Crippen molar-refractivity contribution < 1.29 is 4.79 Å². The number of benzene rings is 2. The SMILES string of the molecule is N#Cc1cccc(NC(=O)CNc2ccc(Br)cc2)c1. The second-order valence-corrected chi connectivity index (χ2v) is 5.02. The summed E-state index contributed by atoms with van der Waals surface area (Å²) in [5.41, 5.74) is 2.00. The zero-order chi connectivity index (χ0) is 14.4. The van der Waals surface area contributed by atoms with Crippen molar-refractivity contribution >= 4 is 33.2 Å². The number of nitrogens with one attached hydrogen (secondary N) is 2. The molecule has 0 atom stereocenters. The summed E-state index contributed by atoms with van der Waals surface area (Å²) in [4.78, 5) is 11.8. The molecule has 2 aromatic rings. The number of anilines is 2. The van der Waals surface area contributed by atoms with Crippen molar-refractivity contribution in [1.82, 2.24) is 0 Å². The van der Waals surface area contributed by atoms with E-state index in [9.17, 15) is 4.79 Å². The Bertz CT molecular complexity index is 647. The van der Waals surface area contributed by atoms with Gasteiger partial charge in [0, 0.05) is 15.8 Å². The van der Waals surface area contributed by atoms with E-state index in [4.69, 9.17) is 5.26 Å². The van der Waals surface area contributed by atoms with Crippen molar-refractivity contribution in [3.8, 4) is 6.07 Å². The maximum atomic E-state index is 11.8.